The van der Waals surface area contributed by atoms with Crippen LogP contribution < -0.4 is 9.47 Å². The Hall–Kier alpha value is -4.65. The van der Waals surface area contributed by atoms with Crippen molar-refractivity contribution in [3.63, 3.8) is 0 Å². The van der Waals surface area contributed by atoms with Crippen LogP contribution in [0.2, 0.25) is 0 Å². The lowest BCUT2D eigenvalue weighted by atomic mass is 9.96. The highest BCUT2D eigenvalue weighted by molar-refractivity contribution is 5.81. The molecule has 2 heterocycles. The van der Waals surface area contributed by atoms with E-state index in [1.165, 1.54) is 0 Å². The molecule has 38 heavy (non-hydrogen) atoms. The van der Waals surface area contributed by atoms with Gasteiger partial charge in [-0.25, -0.2) is 9.78 Å². The summed E-state index contributed by atoms with van der Waals surface area (Å²) in [6, 6.07) is 26.3. The average Bonchev–Trinajstić information content (AvgIpc) is 3.30. The number of aromatic nitrogens is 2. The van der Waals surface area contributed by atoms with Gasteiger partial charge in [-0.15, -0.1) is 0 Å². The van der Waals surface area contributed by atoms with Crippen molar-refractivity contribution in [2.24, 2.45) is 0 Å². The molecule has 0 aliphatic rings. The quantitative estimate of drug-likeness (QED) is 0.237. The normalized spacial score (nSPS) is 12.7. The molecule has 7 nitrogen and oxygen atoms in total. The highest BCUT2D eigenvalue weighted by Gasteiger charge is 2.36. The van der Waals surface area contributed by atoms with Crippen molar-refractivity contribution in [2.75, 3.05) is 6.61 Å². The second-order valence-corrected chi connectivity index (χ2v) is 9.30. The van der Waals surface area contributed by atoms with Crippen molar-refractivity contribution in [2.45, 2.75) is 32.3 Å². The molecule has 1 N–H and O–H groups in total. The van der Waals surface area contributed by atoms with Crippen molar-refractivity contribution >= 4 is 16.9 Å². The molecule has 1 atom stereocenters. The van der Waals surface area contributed by atoms with E-state index in [0.717, 1.165) is 33.5 Å². The Morgan fingerprint density at radius 1 is 0.974 bits per heavy atom. The van der Waals surface area contributed by atoms with E-state index in [1.54, 1.807) is 25.3 Å². The number of pyridine rings is 1. The van der Waals surface area contributed by atoms with Gasteiger partial charge in [-0.2, -0.15) is 0 Å². The fourth-order valence-electron chi connectivity index (χ4n) is 4.26. The minimum absolute atomic E-state index is 0.189. The van der Waals surface area contributed by atoms with Crippen molar-refractivity contribution in [3.05, 3.63) is 108 Å². The molecule has 5 aromatic rings. The van der Waals surface area contributed by atoms with Crippen LogP contribution in [-0.4, -0.2) is 33.3 Å². The minimum atomic E-state index is -1.45. The highest BCUT2D eigenvalue weighted by Crippen LogP contribution is 2.27. The van der Waals surface area contributed by atoms with Crippen LogP contribution in [0.1, 0.15) is 23.9 Å². The van der Waals surface area contributed by atoms with Crippen LogP contribution in [0.5, 0.6) is 11.5 Å². The second-order valence-electron chi connectivity index (χ2n) is 9.30. The van der Waals surface area contributed by atoms with E-state index < -0.39 is 11.6 Å². The fourth-order valence-corrected chi connectivity index (χ4v) is 4.26. The fraction of sp³-hybridized carbons (Fsp3) is 0.194. The molecule has 0 saturated carbocycles. The van der Waals surface area contributed by atoms with Crippen molar-refractivity contribution < 1.29 is 23.8 Å². The van der Waals surface area contributed by atoms with Crippen LogP contribution in [0.25, 0.3) is 22.4 Å². The van der Waals surface area contributed by atoms with Gasteiger partial charge in [0.25, 0.3) is 0 Å². The lowest BCUT2D eigenvalue weighted by molar-refractivity contribution is -0.153. The summed E-state index contributed by atoms with van der Waals surface area (Å²) < 4.78 is 17.7. The smallest absolute Gasteiger partial charge is 0.348 e. The number of carbonyl (C=O) groups is 1. The van der Waals surface area contributed by atoms with E-state index in [-0.39, 0.29) is 6.42 Å². The zero-order valence-corrected chi connectivity index (χ0v) is 21.3. The first-order valence-corrected chi connectivity index (χ1v) is 12.4. The first-order valence-electron chi connectivity index (χ1n) is 12.4. The first kappa shape index (κ1) is 25.0. The molecule has 3 aromatic carbocycles. The minimum Gasteiger partial charge on any atom is -0.493 e. The van der Waals surface area contributed by atoms with E-state index in [2.05, 4.69) is 9.97 Å². The Morgan fingerprint density at radius 3 is 2.50 bits per heavy atom. The number of carboxylic acid groups (broad SMARTS) is 1. The van der Waals surface area contributed by atoms with E-state index in [9.17, 15) is 9.90 Å². The van der Waals surface area contributed by atoms with Gasteiger partial charge in [0, 0.05) is 30.0 Å². The van der Waals surface area contributed by atoms with Gasteiger partial charge in [-0.3, -0.25) is 4.98 Å². The Labute approximate surface area is 220 Å². The molecule has 5 rings (SSSR count). The maximum atomic E-state index is 12.2. The highest BCUT2D eigenvalue weighted by atomic mass is 16.5. The van der Waals surface area contributed by atoms with Crippen molar-refractivity contribution in [1.29, 1.82) is 0 Å². The average molecular weight is 509 g/mol. The Balaban J connectivity index is 1.20. The molecular weight excluding hydrogens is 480 g/mol. The molecule has 0 radical (unpaired) electrons. The third-order valence-corrected chi connectivity index (χ3v) is 6.36. The SMILES string of the molecule is Cc1oc(-c2ccccc2)nc1CCOc1ccc(CC(C)(Oc2ccc3ncccc3c2)C(=O)O)cc1. The summed E-state index contributed by atoms with van der Waals surface area (Å²) in [5, 5.41) is 10.9. The molecule has 7 heteroatoms. The number of oxazole rings is 1. The molecule has 192 valence electrons. The summed E-state index contributed by atoms with van der Waals surface area (Å²) in [5.74, 6) is 1.51. The molecule has 0 saturated heterocycles. The molecule has 0 aliphatic carbocycles. The van der Waals surface area contributed by atoms with E-state index >= 15 is 0 Å². The van der Waals surface area contributed by atoms with Crippen molar-refractivity contribution in [1.82, 2.24) is 9.97 Å². The summed E-state index contributed by atoms with van der Waals surface area (Å²) >= 11 is 0. The predicted molar refractivity (Wildman–Crippen MR) is 144 cm³/mol. The summed E-state index contributed by atoms with van der Waals surface area (Å²) in [6.45, 7) is 3.92. The third-order valence-electron chi connectivity index (χ3n) is 6.36. The predicted octanol–water partition coefficient (Wildman–Crippen LogP) is 6.28. The zero-order valence-electron chi connectivity index (χ0n) is 21.3. The number of benzene rings is 3. The van der Waals surface area contributed by atoms with Gasteiger partial charge in [0.15, 0.2) is 0 Å². The summed E-state index contributed by atoms with van der Waals surface area (Å²) in [7, 11) is 0. The van der Waals surface area contributed by atoms with Crippen LogP contribution in [0, 0.1) is 6.92 Å². The van der Waals surface area contributed by atoms with Gasteiger partial charge < -0.3 is 19.0 Å². The summed E-state index contributed by atoms with van der Waals surface area (Å²) in [4.78, 5) is 21.1. The van der Waals surface area contributed by atoms with E-state index in [0.29, 0.717) is 30.4 Å². The van der Waals surface area contributed by atoms with Gasteiger partial charge in [-0.1, -0.05) is 36.4 Å². The monoisotopic (exact) mass is 508 g/mol. The summed E-state index contributed by atoms with van der Waals surface area (Å²) in [5.41, 5.74) is 2.00. The second kappa shape index (κ2) is 10.8. The number of fused-ring (bicyclic) bond motifs is 1. The van der Waals surface area contributed by atoms with Crippen LogP contribution >= 0.6 is 0 Å². The number of rotatable bonds is 10. The van der Waals surface area contributed by atoms with Crippen LogP contribution in [-0.2, 0) is 17.6 Å². The van der Waals surface area contributed by atoms with Crippen molar-refractivity contribution in [3.8, 4) is 23.0 Å². The number of hydrogen-bond acceptors (Lipinski definition) is 6. The molecule has 1 unspecified atom stereocenters. The Bertz CT molecular complexity index is 1550. The third kappa shape index (κ3) is 5.67. The molecule has 2 aromatic heterocycles. The van der Waals surface area contributed by atoms with Gasteiger partial charge in [0.2, 0.25) is 11.5 Å². The number of ether oxygens (including phenoxy) is 2. The lowest BCUT2D eigenvalue weighted by Gasteiger charge is -2.26. The van der Waals surface area contributed by atoms with Crippen LogP contribution in [0.3, 0.4) is 0 Å². The lowest BCUT2D eigenvalue weighted by Crippen LogP contribution is -2.43. The molecule has 0 aliphatic heterocycles. The van der Waals surface area contributed by atoms with E-state index in [1.807, 2.05) is 79.7 Å². The van der Waals surface area contributed by atoms with Crippen LogP contribution in [0.4, 0.5) is 0 Å². The largest absolute Gasteiger partial charge is 0.493 e. The number of aliphatic carboxylic acids is 1. The zero-order chi connectivity index (χ0) is 26.5. The van der Waals surface area contributed by atoms with Gasteiger partial charge in [0.05, 0.1) is 17.8 Å². The standard InChI is InChI=1S/C31H28N2O5/c1-21-27(33-29(37-21)23-7-4-3-5-8-23)16-18-36-25-12-10-22(11-13-25)20-31(2,30(34)35)38-26-14-15-28-24(19-26)9-6-17-32-28/h3-15,17,19H,16,18,20H2,1-2H3,(H,34,35). The maximum Gasteiger partial charge on any atom is 0.348 e. The maximum absolute atomic E-state index is 12.2. The molecule has 0 fully saturated rings. The topological polar surface area (TPSA) is 94.7 Å². The molecule has 0 spiro atoms. The van der Waals surface area contributed by atoms with Crippen LogP contribution in [0.15, 0.2) is 95.5 Å². The summed E-state index contributed by atoms with van der Waals surface area (Å²) in [6.07, 6.45) is 2.51. The number of aryl methyl sites for hydroxylation is 1. The van der Waals surface area contributed by atoms with Gasteiger partial charge in [-0.05, 0) is 67.9 Å². The number of nitrogens with zero attached hydrogens (tertiary/aromatic N) is 2. The van der Waals surface area contributed by atoms with E-state index in [4.69, 9.17) is 13.9 Å². The van der Waals surface area contributed by atoms with Gasteiger partial charge >= 0.3 is 5.97 Å². The number of carboxylic acids is 1. The molecule has 0 amide bonds. The Kier molecular flexibility index (Phi) is 7.09. The number of hydrogen-bond donors (Lipinski definition) is 1. The molecular formula is C31H28N2O5. The Morgan fingerprint density at radius 2 is 1.74 bits per heavy atom. The van der Waals surface area contributed by atoms with Gasteiger partial charge in [0.1, 0.15) is 17.3 Å². The first-order chi connectivity index (χ1) is 18.4. The molecule has 0 bridgehead atoms.